The van der Waals surface area contributed by atoms with Crippen molar-refractivity contribution in [3.8, 4) is 11.1 Å². The van der Waals surface area contributed by atoms with Crippen molar-refractivity contribution in [2.45, 2.75) is 19.1 Å². The molecule has 1 N–H and O–H groups in total. The second kappa shape index (κ2) is 7.66. The van der Waals surface area contributed by atoms with Crippen molar-refractivity contribution in [1.82, 2.24) is 20.2 Å². The fraction of sp³-hybridized carbons (Fsp3) is 0.143. The van der Waals surface area contributed by atoms with Crippen LogP contribution in [-0.2, 0) is 6.18 Å². The SMILES string of the molecule is C[C@@H](Nc1cnnc2ccc(-c3ccc(F)cc3)cc12)c1cnc(C(F)(F)F)nc1. The molecule has 4 aromatic rings. The number of anilines is 1. The van der Waals surface area contributed by atoms with Gasteiger partial charge in [-0.1, -0.05) is 18.2 Å². The molecular formula is C21H15F4N5. The number of aromatic nitrogens is 4. The Kier molecular flexibility index (Phi) is 5.03. The van der Waals surface area contributed by atoms with Gasteiger partial charge < -0.3 is 5.32 Å². The third-order valence-electron chi connectivity index (χ3n) is 4.61. The fourth-order valence-corrected chi connectivity index (χ4v) is 3.02. The van der Waals surface area contributed by atoms with Crippen molar-refractivity contribution in [3.63, 3.8) is 0 Å². The molecule has 30 heavy (non-hydrogen) atoms. The van der Waals surface area contributed by atoms with E-state index in [9.17, 15) is 17.6 Å². The molecule has 1 atom stereocenters. The topological polar surface area (TPSA) is 63.6 Å². The molecule has 2 aromatic carbocycles. The van der Waals surface area contributed by atoms with Gasteiger partial charge in [-0.2, -0.15) is 23.4 Å². The van der Waals surface area contributed by atoms with Crippen LogP contribution in [0.4, 0.5) is 23.2 Å². The molecule has 0 bridgehead atoms. The number of nitrogens with zero attached hydrogens (tertiary/aromatic N) is 4. The lowest BCUT2D eigenvalue weighted by Gasteiger charge is -2.17. The van der Waals surface area contributed by atoms with Gasteiger partial charge in [-0.15, -0.1) is 0 Å². The summed E-state index contributed by atoms with van der Waals surface area (Å²) in [5.41, 5.74) is 3.48. The van der Waals surface area contributed by atoms with Crippen LogP contribution in [0.2, 0.25) is 0 Å². The van der Waals surface area contributed by atoms with E-state index in [2.05, 4.69) is 25.5 Å². The minimum absolute atomic E-state index is 0.319. The first-order valence-electron chi connectivity index (χ1n) is 8.98. The van der Waals surface area contributed by atoms with E-state index >= 15 is 0 Å². The minimum atomic E-state index is -4.59. The van der Waals surface area contributed by atoms with Crippen LogP contribution in [0.1, 0.15) is 24.4 Å². The molecule has 0 aliphatic heterocycles. The molecule has 0 saturated heterocycles. The maximum atomic E-state index is 13.2. The van der Waals surface area contributed by atoms with E-state index in [-0.39, 0.29) is 11.9 Å². The van der Waals surface area contributed by atoms with Crippen molar-refractivity contribution in [3.05, 3.63) is 78.3 Å². The van der Waals surface area contributed by atoms with E-state index in [1.165, 1.54) is 18.3 Å². The van der Waals surface area contributed by atoms with E-state index in [0.717, 1.165) is 28.9 Å². The number of nitrogens with one attached hydrogen (secondary N) is 1. The Labute approximate surface area is 168 Å². The molecule has 0 aliphatic carbocycles. The second-order valence-electron chi connectivity index (χ2n) is 6.70. The first kappa shape index (κ1) is 19.7. The maximum Gasteiger partial charge on any atom is 0.451 e. The number of benzene rings is 2. The fourth-order valence-electron chi connectivity index (χ4n) is 3.02. The lowest BCUT2D eigenvalue weighted by atomic mass is 10.0. The average Bonchev–Trinajstić information content (AvgIpc) is 2.74. The van der Waals surface area contributed by atoms with E-state index in [1.807, 2.05) is 12.1 Å². The number of rotatable bonds is 4. The molecule has 0 fully saturated rings. The van der Waals surface area contributed by atoms with Gasteiger partial charge in [0.2, 0.25) is 5.82 Å². The molecule has 5 nitrogen and oxygen atoms in total. The number of hydrogen-bond donors (Lipinski definition) is 1. The third kappa shape index (κ3) is 4.05. The molecule has 2 aromatic heterocycles. The van der Waals surface area contributed by atoms with E-state index in [1.54, 1.807) is 25.1 Å². The van der Waals surface area contributed by atoms with Crippen molar-refractivity contribution in [1.29, 1.82) is 0 Å². The molecule has 0 amide bonds. The molecule has 0 radical (unpaired) electrons. The minimum Gasteiger partial charge on any atom is -0.377 e. The van der Waals surface area contributed by atoms with Gasteiger partial charge in [0.05, 0.1) is 23.4 Å². The standard InChI is InChI=1S/C21H15F4N5/c1-12(15-9-26-20(27-10-15)21(23,24)25)29-19-11-28-30-18-7-4-14(8-17(18)19)13-2-5-16(22)6-3-13/h2-12H,1H3,(H,29,30)/t12-/m1/s1. The highest BCUT2D eigenvalue weighted by Gasteiger charge is 2.34. The van der Waals surface area contributed by atoms with Crippen LogP contribution >= 0.6 is 0 Å². The molecule has 4 rings (SSSR count). The van der Waals surface area contributed by atoms with Crippen LogP contribution < -0.4 is 5.32 Å². The Morgan fingerprint density at radius 2 is 1.57 bits per heavy atom. The van der Waals surface area contributed by atoms with Crippen LogP contribution in [-0.4, -0.2) is 20.2 Å². The van der Waals surface area contributed by atoms with Crippen molar-refractivity contribution < 1.29 is 17.6 Å². The Morgan fingerprint density at radius 3 is 2.23 bits per heavy atom. The summed E-state index contributed by atoms with van der Waals surface area (Å²) in [7, 11) is 0. The van der Waals surface area contributed by atoms with Gasteiger partial charge in [0.25, 0.3) is 0 Å². The highest BCUT2D eigenvalue weighted by molar-refractivity contribution is 5.93. The van der Waals surface area contributed by atoms with Crippen molar-refractivity contribution in [2.24, 2.45) is 0 Å². The molecular weight excluding hydrogens is 398 g/mol. The highest BCUT2D eigenvalue weighted by atomic mass is 19.4. The molecule has 152 valence electrons. The van der Waals surface area contributed by atoms with Gasteiger partial charge in [-0.05, 0) is 42.3 Å². The molecule has 0 aliphatic rings. The number of alkyl halides is 3. The number of hydrogen-bond acceptors (Lipinski definition) is 5. The van der Waals surface area contributed by atoms with Gasteiger partial charge in [0.1, 0.15) is 5.82 Å². The highest BCUT2D eigenvalue weighted by Crippen LogP contribution is 2.30. The summed E-state index contributed by atoms with van der Waals surface area (Å²) >= 11 is 0. The zero-order valence-corrected chi connectivity index (χ0v) is 15.7. The molecule has 0 unspecified atom stereocenters. The third-order valence-corrected chi connectivity index (χ3v) is 4.61. The first-order valence-corrected chi connectivity index (χ1v) is 8.98. The summed E-state index contributed by atoms with van der Waals surface area (Å²) < 4.78 is 51.2. The lowest BCUT2D eigenvalue weighted by Crippen LogP contribution is -2.13. The summed E-state index contributed by atoms with van der Waals surface area (Å²) in [5.74, 6) is -1.50. The maximum absolute atomic E-state index is 13.2. The predicted octanol–water partition coefficient (Wildman–Crippen LogP) is 5.42. The molecule has 0 spiro atoms. The van der Waals surface area contributed by atoms with Crippen molar-refractivity contribution >= 4 is 16.6 Å². The Morgan fingerprint density at radius 1 is 0.900 bits per heavy atom. The van der Waals surface area contributed by atoms with Crippen LogP contribution in [0.3, 0.4) is 0 Å². The summed E-state index contributed by atoms with van der Waals surface area (Å²) in [6, 6.07) is 11.3. The summed E-state index contributed by atoms with van der Waals surface area (Å²) in [4.78, 5) is 6.80. The van der Waals surface area contributed by atoms with Crippen molar-refractivity contribution in [2.75, 3.05) is 5.32 Å². The first-order chi connectivity index (χ1) is 14.3. The van der Waals surface area contributed by atoms with Gasteiger partial charge in [-0.25, -0.2) is 14.4 Å². The lowest BCUT2D eigenvalue weighted by molar-refractivity contribution is -0.145. The molecule has 0 saturated carbocycles. The number of halogens is 4. The second-order valence-corrected chi connectivity index (χ2v) is 6.70. The summed E-state index contributed by atoms with van der Waals surface area (Å²) in [6.45, 7) is 1.78. The van der Waals surface area contributed by atoms with Crippen LogP contribution in [0, 0.1) is 5.82 Å². The Balaban J connectivity index is 1.65. The van der Waals surface area contributed by atoms with Gasteiger partial charge in [-0.3, -0.25) is 0 Å². The zero-order valence-electron chi connectivity index (χ0n) is 15.7. The Hall–Kier alpha value is -3.62. The monoisotopic (exact) mass is 413 g/mol. The van der Waals surface area contributed by atoms with Crippen LogP contribution in [0.15, 0.2) is 61.1 Å². The zero-order chi connectivity index (χ0) is 21.3. The van der Waals surface area contributed by atoms with E-state index in [0.29, 0.717) is 16.8 Å². The summed E-state index contributed by atoms with van der Waals surface area (Å²) in [5, 5.41) is 12.1. The number of fused-ring (bicyclic) bond motifs is 1. The van der Waals surface area contributed by atoms with Crippen LogP contribution in [0.25, 0.3) is 22.0 Å². The van der Waals surface area contributed by atoms with Crippen LogP contribution in [0.5, 0.6) is 0 Å². The molecule has 9 heteroatoms. The van der Waals surface area contributed by atoms with E-state index in [4.69, 9.17) is 0 Å². The largest absolute Gasteiger partial charge is 0.451 e. The Bertz CT molecular complexity index is 1170. The predicted molar refractivity (Wildman–Crippen MR) is 104 cm³/mol. The average molecular weight is 413 g/mol. The normalized spacial score (nSPS) is 12.7. The van der Waals surface area contributed by atoms with Gasteiger partial charge >= 0.3 is 6.18 Å². The van der Waals surface area contributed by atoms with E-state index < -0.39 is 12.0 Å². The quantitative estimate of drug-likeness (QED) is 0.453. The summed E-state index contributed by atoms with van der Waals surface area (Å²) in [6.07, 6.45) is -0.752. The molecule has 2 heterocycles. The van der Waals surface area contributed by atoms with Gasteiger partial charge in [0.15, 0.2) is 0 Å². The smallest absolute Gasteiger partial charge is 0.377 e. The van der Waals surface area contributed by atoms with Gasteiger partial charge in [0, 0.05) is 23.3 Å².